The van der Waals surface area contributed by atoms with Crippen LogP contribution in [0.15, 0.2) is 30.5 Å². The van der Waals surface area contributed by atoms with Crippen molar-refractivity contribution in [3.05, 3.63) is 35.5 Å². The van der Waals surface area contributed by atoms with Crippen LogP contribution >= 0.6 is 31.7 Å². The fourth-order valence-electron chi connectivity index (χ4n) is 4.02. The molecule has 1 heterocycles. The van der Waals surface area contributed by atoms with Crippen molar-refractivity contribution in [2.75, 3.05) is 30.3 Å². The van der Waals surface area contributed by atoms with Gasteiger partial charge in [0.25, 0.3) is 5.24 Å². The van der Waals surface area contributed by atoms with Crippen molar-refractivity contribution in [3.8, 4) is 0 Å². The van der Waals surface area contributed by atoms with Crippen LogP contribution in [0.3, 0.4) is 0 Å². The van der Waals surface area contributed by atoms with Crippen LogP contribution in [-0.4, -0.2) is 79.1 Å². The van der Waals surface area contributed by atoms with E-state index in [1.54, 1.807) is 23.2 Å². The van der Waals surface area contributed by atoms with Crippen LogP contribution in [0.25, 0.3) is 10.9 Å². The van der Waals surface area contributed by atoms with Gasteiger partial charge in [-0.25, -0.2) is 4.79 Å². The normalized spacial score (nSPS) is 13.1. The predicted molar refractivity (Wildman–Crippen MR) is 154 cm³/mol. The van der Waals surface area contributed by atoms with E-state index >= 15 is 0 Å². The van der Waals surface area contributed by atoms with Crippen molar-refractivity contribution >= 4 is 65.4 Å². The number of hydrogen-bond acceptors (Lipinski definition) is 8. The lowest BCUT2D eigenvalue weighted by Crippen LogP contribution is -2.39. The van der Waals surface area contributed by atoms with Crippen LogP contribution in [0, 0.1) is 0 Å². The first-order valence-electron chi connectivity index (χ1n) is 12.5. The molecule has 210 valence electrons. The molecule has 2 amide bonds. The summed E-state index contributed by atoms with van der Waals surface area (Å²) in [6, 6.07) is 7.10. The third-order valence-corrected chi connectivity index (χ3v) is 8.09. The summed E-state index contributed by atoms with van der Waals surface area (Å²) in [4.78, 5) is 63.4. The van der Waals surface area contributed by atoms with E-state index in [-0.39, 0.29) is 17.7 Å². The second-order valence-electron chi connectivity index (χ2n) is 8.73. The molecule has 2 atom stereocenters. The molecule has 0 aliphatic carbocycles. The zero-order valence-electron chi connectivity index (χ0n) is 21.8. The Morgan fingerprint density at radius 3 is 2.50 bits per heavy atom. The standard InChI is InChI=1S/C25H36ClN4O6PS/c1-4-29(5-2)14-6-8-17(3)30(21-12-13-27-20-16-18(26)10-11-19(20)21)25(34)38-15-7-9-22(31)28-23(24(32)33)37(35)36/h10-13,16-17,23,35-36H,4-9,14-15H2,1-3H3,(H,28,31)(H,32,33). The molecule has 10 nitrogen and oxygen atoms in total. The summed E-state index contributed by atoms with van der Waals surface area (Å²) in [5.41, 5.74) is 1.42. The maximum Gasteiger partial charge on any atom is 0.335 e. The number of rotatable bonds is 15. The Balaban J connectivity index is 2.11. The van der Waals surface area contributed by atoms with Crippen LogP contribution in [0.4, 0.5) is 10.5 Å². The number of pyridine rings is 1. The molecule has 0 aliphatic rings. The number of carbonyl (C=O) groups excluding carboxylic acids is 2. The molecule has 4 N–H and O–H groups in total. The summed E-state index contributed by atoms with van der Waals surface area (Å²) in [6.07, 6.45) is 3.63. The van der Waals surface area contributed by atoms with Gasteiger partial charge in [-0.3, -0.25) is 19.5 Å². The molecule has 0 saturated heterocycles. The van der Waals surface area contributed by atoms with E-state index in [0.717, 1.165) is 55.3 Å². The number of halogens is 1. The maximum atomic E-state index is 13.5. The first-order valence-corrected chi connectivity index (χ1v) is 15.2. The Morgan fingerprint density at radius 1 is 1.16 bits per heavy atom. The van der Waals surface area contributed by atoms with E-state index in [0.29, 0.717) is 22.7 Å². The molecular weight excluding hydrogens is 551 g/mol. The number of carboxylic acids is 1. The van der Waals surface area contributed by atoms with Crippen molar-refractivity contribution < 1.29 is 29.3 Å². The second-order valence-corrected chi connectivity index (χ2v) is 11.4. The molecule has 2 aromatic rings. The topological polar surface area (TPSA) is 143 Å². The van der Waals surface area contributed by atoms with Gasteiger partial charge < -0.3 is 25.1 Å². The summed E-state index contributed by atoms with van der Waals surface area (Å²) in [5, 5.41) is 12.3. The van der Waals surface area contributed by atoms with Gasteiger partial charge in [0.05, 0.1) is 11.2 Å². The van der Waals surface area contributed by atoms with E-state index in [1.807, 2.05) is 19.1 Å². The van der Waals surface area contributed by atoms with Gasteiger partial charge in [0.15, 0.2) is 5.78 Å². The number of carboxylic acid groups (broad SMARTS) is 1. The number of hydrogen-bond donors (Lipinski definition) is 4. The molecule has 0 spiro atoms. The first-order chi connectivity index (χ1) is 18.1. The molecule has 2 rings (SSSR count). The van der Waals surface area contributed by atoms with Gasteiger partial charge in [-0.1, -0.05) is 37.2 Å². The molecule has 0 saturated carbocycles. The number of nitrogens with one attached hydrogen (secondary N) is 1. The zero-order chi connectivity index (χ0) is 28.2. The number of fused-ring (bicyclic) bond motifs is 1. The van der Waals surface area contributed by atoms with Crippen molar-refractivity contribution in [2.45, 2.75) is 58.3 Å². The maximum absolute atomic E-state index is 13.5. The highest BCUT2D eigenvalue weighted by atomic mass is 35.5. The average molecular weight is 587 g/mol. The molecule has 1 aromatic carbocycles. The van der Waals surface area contributed by atoms with Crippen LogP contribution in [-0.2, 0) is 9.59 Å². The van der Waals surface area contributed by atoms with Crippen LogP contribution in [0.1, 0.15) is 46.5 Å². The minimum Gasteiger partial charge on any atom is -0.479 e. The summed E-state index contributed by atoms with van der Waals surface area (Å²) in [6.45, 7) is 9.15. The number of aliphatic carboxylic acids is 1. The summed E-state index contributed by atoms with van der Waals surface area (Å²) >= 11 is 7.24. The Labute approximate surface area is 233 Å². The highest BCUT2D eigenvalue weighted by Crippen LogP contribution is 2.32. The van der Waals surface area contributed by atoms with Crippen molar-refractivity contribution in [2.24, 2.45) is 0 Å². The lowest BCUT2D eigenvalue weighted by Gasteiger charge is -2.30. The number of aromatic nitrogens is 1. The second kappa shape index (κ2) is 16.2. The number of thioether (sulfide) groups is 1. The highest BCUT2D eigenvalue weighted by Gasteiger charge is 2.28. The number of amides is 2. The fourth-order valence-corrected chi connectivity index (χ4v) is 5.52. The SMILES string of the molecule is CCN(CC)CCCC(C)N(C(=O)SCCCC(=O)NC(C(=O)O)P(O)O)c1ccnc2cc(Cl)ccc12. The highest BCUT2D eigenvalue weighted by molar-refractivity contribution is 8.13. The third kappa shape index (κ3) is 9.63. The quantitative estimate of drug-likeness (QED) is 0.173. The van der Waals surface area contributed by atoms with Crippen LogP contribution in [0.5, 0.6) is 0 Å². The van der Waals surface area contributed by atoms with Gasteiger partial charge in [0.1, 0.15) is 0 Å². The van der Waals surface area contributed by atoms with Crippen LogP contribution < -0.4 is 10.2 Å². The Bertz CT molecular complexity index is 1090. The minimum absolute atomic E-state index is 0.0522. The van der Waals surface area contributed by atoms with Gasteiger partial charge in [-0.05, 0) is 70.1 Å². The number of benzene rings is 1. The minimum atomic E-state index is -2.85. The first kappa shape index (κ1) is 32.2. The summed E-state index contributed by atoms with van der Waals surface area (Å²) < 4.78 is 0. The van der Waals surface area contributed by atoms with Gasteiger partial charge in [0.2, 0.25) is 14.3 Å². The van der Waals surface area contributed by atoms with Crippen molar-refractivity contribution in [3.63, 3.8) is 0 Å². The number of anilines is 1. The van der Waals surface area contributed by atoms with Crippen LogP contribution in [0.2, 0.25) is 5.02 Å². The smallest absolute Gasteiger partial charge is 0.335 e. The van der Waals surface area contributed by atoms with E-state index in [2.05, 4.69) is 29.0 Å². The molecule has 0 fully saturated rings. The lowest BCUT2D eigenvalue weighted by molar-refractivity contribution is -0.139. The average Bonchev–Trinajstić information content (AvgIpc) is 2.87. The number of nitrogens with zero attached hydrogens (tertiary/aromatic N) is 3. The van der Waals surface area contributed by atoms with E-state index in [1.165, 1.54) is 0 Å². The molecule has 38 heavy (non-hydrogen) atoms. The predicted octanol–water partition coefficient (Wildman–Crippen LogP) is 4.66. The van der Waals surface area contributed by atoms with E-state index < -0.39 is 26.0 Å². The molecule has 0 bridgehead atoms. The third-order valence-electron chi connectivity index (χ3n) is 6.11. The zero-order valence-corrected chi connectivity index (χ0v) is 24.3. The van der Waals surface area contributed by atoms with Crippen molar-refractivity contribution in [1.82, 2.24) is 15.2 Å². The monoisotopic (exact) mass is 586 g/mol. The van der Waals surface area contributed by atoms with E-state index in [9.17, 15) is 14.4 Å². The molecule has 0 aliphatic heterocycles. The Kier molecular flexibility index (Phi) is 13.7. The molecule has 2 unspecified atom stereocenters. The summed E-state index contributed by atoms with van der Waals surface area (Å²) in [5.74, 6) is -3.56. The van der Waals surface area contributed by atoms with Gasteiger partial charge in [-0.2, -0.15) is 0 Å². The summed E-state index contributed by atoms with van der Waals surface area (Å²) in [7, 11) is -2.85. The molecular formula is C25H36ClN4O6PS. The van der Waals surface area contributed by atoms with Crippen molar-refractivity contribution in [1.29, 1.82) is 0 Å². The fraction of sp³-hybridized carbons (Fsp3) is 0.520. The largest absolute Gasteiger partial charge is 0.479 e. The van der Waals surface area contributed by atoms with Gasteiger partial charge in [0, 0.05) is 34.8 Å². The lowest BCUT2D eigenvalue weighted by atomic mass is 10.1. The molecule has 13 heteroatoms. The van der Waals surface area contributed by atoms with E-state index in [4.69, 9.17) is 26.5 Å². The molecule has 0 radical (unpaired) electrons. The van der Waals surface area contributed by atoms with Gasteiger partial charge in [-0.15, -0.1) is 0 Å². The Hall–Kier alpha value is -2.01. The Morgan fingerprint density at radius 2 is 1.87 bits per heavy atom. The van der Waals surface area contributed by atoms with Gasteiger partial charge >= 0.3 is 5.97 Å². The molecule has 1 aromatic heterocycles. The number of carbonyl (C=O) groups is 3.